The highest BCUT2D eigenvalue weighted by atomic mass is 16.4. The van der Waals surface area contributed by atoms with E-state index in [2.05, 4.69) is 15.3 Å². The minimum atomic E-state index is -1.11. The molecule has 1 heterocycles. The van der Waals surface area contributed by atoms with E-state index in [9.17, 15) is 4.79 Å². The van der Waals surface area contributed by atoms with Crippen LogP contribution in [0.4, 0.5) is 11.8 Å². The maximum atomic E-state index is 10.7. The van der Waals surface area contributed by atoms with Crippen molar-refractivity contribution in [1.29, 1.82) is 0 Å². The van der Waals surface area contributed by atoms with E-state index in [1.54, 1.807) is 14.0 Å². The lowest BCUT2D eigenvalue weighted by Crippen LogP contribution is -2.11. The van der Waals surface area contributed by atoms with Gasteiger partial charge < -0.3 is 16.2 Å². The maximum Gasteiger partial charge on any atom is 0.341 e. The van der Waals surface area contributed by atoms with E-state index in [1.165, 1.54) is 0 Å². The van der Waals surface area contributed by atoms with Crippen molar-refractivity contribution in [3.63, 3.8) is 0 Å². The Morgan fingerprint density at radius 1 is 1.54 bits per heavy atom. The Bertz CT molecular complexity index is 327. The fourth-order valence-electron chi connectivity index (χ4n) is 0.971. The molecule has 0 saturated heterocycles. The fraction of sp³-hybridized carbons (Fsp3) is 0.286. The van der Waals surface area contributed by atoms with Crippen LogP contribution in [0.15, 0.2) is 0 Å². The zero-order valence-corrected chi connectivity index (χ0v) is 7.33. The molecule has 0 spiro atoms. The summed E-state index contributed by atoms with van der Waals surface area (Å²) in [6.07, 6.45) is 0. The lowest BCUT2D eigenvalue weighted by molar-refractivity contribution is 0.0696. The molecule has 0 saturated carbocycles. The minimum absolute atomic E-state index is 0.0237. The zero-order valence-electron chi connectivity index (χ0n) is 7.33. The largest absolute Gasteiger partial charge is 0.477 e. The van der Waals surface area contributed by atoms with E-state index in [-0.39, 0.29) is 11.4 Å². The van der Waals surface area contributed by atoms with Gasteiger partial charge in [-0.2, -0.15) is 4.98 Å². The molecule has 0 amide bonds. The van der Waals surface area contributed by atoms with Crippen molar-refractivity contribution in [2.24, 2.45) is 0 Å². The van der Waals surface area contributed by atoms with Crippen LogP contribution < -0.4 is 11.1 Å². The fourth-order valence-corrected chi connectivity index (χ4v) is 0.971. The van der Waals surface area contributed by atoms with Crippen molar-refractivity contribution in [3.8, 4) is 0 Å². The number of hydrogen-bond acceptors (Lipinski definition) is 5. The topological polar surface area (TPSA) is 101 Å². The first-order valence-corrected chi connectivity index (χ1v) is 3.61. The lowest BCUT2D eigenvalue weighted by atomic mass is 10.2. The van der Waals surface area contributed by atoms with Crippen molar-refractivity contribution < 1.29 is 9.90 Å². The quantitative estimate of drug-likeness (QED) is 0.600. The summed E-state index contributed by atoms with van der Waals surface area (Å²) in [5, 5.41) is 11.4. The Hall–Kier alpha value is -1.85. The van der Waals surface area contributed by atoms with E-state index in [1.807, 2.05) is 0 Å². The molecule has 1 rings (SSSR count). The second kappa shape index (κ2) is 3.26. The number of nitrogens with two attached hydrogens (primary N) is 1. The first-order valence-electron chi connectivity index (χ1n) is 3.61. The van der Waals surface area contributed by atoms with Gasteiger partial charge in [0.2, 0.25) is 5.95 Å². The van der Waals surface area contributed by atoms with Crippen LogP contribution in [-0.2, 0) is 0 Å². The summed E-state index contributed by atoms with van der Waals surface area (Å²) in [6, 6.07) is 0. The molecule has 1 aromatic rings. The number of nitrogen functional groups attached to an aromatic ring is 1. The summed E-state index contributed by atoms with van der Waals surface area (Å²) >= 11 is 0. The van der Waals surface area contributed by atoms with Crippen LogP contribution in [0.2, 0.25) is 0 Å². The normalized spacial score (nSPS) is 9.69. The van der Waals surface area contributed by atoms with Crippen molar-refractivity contribution in [3.05, 3.63) is 11.3 Å². The molecule has 0 atom stereocenters. The van der Waals surface area contributed by atoms with E-state index < -0.39 is 5.97 Å². The van der Waals surface area contributed by atoms with Gasteiger partial charge in [-0.3, -0.25) is 0 Å². The van der Waals surface area contributed by atoms with Crippen LogP contribution in [0.25, 0.3) is 0 Å². The molecular formula is C7H10N4O2. The van der Waals surface area contributed by atoms with Crippen LogP contribution in [0.1, 0.15) is 16.1 Å². The van der Waals surface area contributed by atoms with E-state index in [4.69, 9.17) is 10.8 Å². The Morgan fingerprint density at radius 2 is 2.15 bits per heavy atom. The summed E-state index contributed by atoms with van der Waals surface area (Å²) in [5.41, 5.74) is 5.74. The smallest absolute Gasteiger partial charge is 0.341 e. The monoisotopic (exact) mass is 182 g/mol. The van der Waals surface area contributed by atoms with Gasteiger partial charge in [-0.05, 0) is 6.92 Å². The molecule has 6 heteroatoms. The number of aromatic carboxylic acids is 1. The molecular weight excluding hydrogens is 172 g/mol. The zero-order chi connectivity index (χ0) is 10.0. The van der Waals surface area contributed by atoms with Crippen molar-refractivity contribution in [2.75, 3.05) is 18.1 Å². The van der Waals surface area contributed by atoms with Gasteiger partial charge in [-0.15, -0.1) is 0 Å². The predicted octanol–water partition coefficient (Wildman–Crippen LogP) is 0.107. The number of rotatable bonds is 2. The molecule has 0 aromatic carbocycles. The van der Waals surface area contributed by atoms with Gasteiger partial charge in [0.25, 0.3) is 0 Å². The summed E-state index contributed by atoms with van der Waals surface area (Å²) in [7, 11) is 1.63. The van der Waals surface area contributed by atoms with Crippen LogP contribution in [0.3, 0.4) is 0 Å². The van der Waals surface area contributed by atoms with Crippen LogP contribution in [-0.4, -0.2) is 28.1 Å². The van der Waals surface area contributed by atoms with Gasteiger partial charge in [0.05, 0.1) is 5.69 Å². The predicted molar refractivity (Wildman–Crippen MR) is 47.7 cm³/mol. The average molecular weight is 182 g/mol. The molecule has 4 N–H and O–H groups in total. The van der Waals surface area contributed by atoms with Gasteiger partial charge in [0.1, 0.15) is 11.4 Å². The van der Waals surface area contributed by atoms with Crippen molar-refractivity contribution in [2.45, 2.75) is 6.92 Å². The van der Waals surface area contributed by atoms with Crippen LogP contribution in [0, 0.1) is 6.92 Å². The Morgan fingerprint density at radius 3 is 2.54 bits per heavy atom. The molecule has 13 heavy (non-hydrogen) atoms. The number of nitrogens with zero attached hydrogens (tertiary/aromatic N) is 2. The SMILES string of the molecule is CNc1nc(C)c(C(=O)O)c(N)n1. The highest BCUT2D eigenvalue weighted by molar-refractivity contribution is 5.93. The number of carboxylic acids is 1. The summed E-state index contributed by atoms with van der Waals surface area (Å²) in [4.78, 5) is 18.3. The third kappa shape index (κ3) is 1.66. The molecule has 70 valence electrons. The van der Waals surface area contributed by atoms with Gasteiger partial charge in [-0.25, -0.2) is 9.78 Å². The first kappa shape index (κ1) is 9.24. The number of hydrogen-bond donors (Lipinski definition) is 3. The van der Waals surface area contributed by atoms with Gasteiger partial charge in [0.15, 0.2) is 0 Å². The molecule has 6 nitrogen and oxygen atoms in total. The number of carbonyl (C=O) groups is 1. The third-order valence-corrected chi connectivity index (χ3v) is 1.56. The summed E-state index contributed by atoms with van der Waals surface area (Å²) < 4.78 is 0. The van der Waals surface area contributed by atoms with E-state index >= 15 is 0 Å². The second-order valence-electron chi connectivity index (χ2n) is 2.45. The Balaban J connectivity index is 3.31. The number of aryl methyl sites for hydroxylation is 1. The van der Waals surface area contributed by atoms with Crippen LogP contribution >= 0.6 is 0 Å². The lowest BCUT2D eigenvalue weighted by Gasteiger charge is -2.05. The average Bonchev–Trinajstić information content (AvgIpc) is 2.02. The maximum absolute atomic E-state index is 10.7. The van der Waals surface area contributed by atoms with Crippen LogP contribution in [0.5, 0.6) is 0 Å². The van der Waals surface area contributed by atoms with Gasteiger partial charge in [-0.1, -0.05) is 0 Å². The number of nitrogens with one attached hydrogen (secondary N) is 1. The molecule has 0 radical (unpaired) electrons. The summed E-state index contributed by atoms with van der Waals surface area (Å²) in [6.45, 7) is 1.57. The molecule has 0 aliphatic rings. The Kier molecular flexibility index (Phi) is 2.32. The standard InChI is InChI=1S/C7H10N4O2/c1-3-4(6(12)13)5(8)11-7(9-2)10-3/h1-2H3,(H,12,13)(H3,8,9,10,11). The number of carboxylic acid groups (broad SMARTS) is 1. The Labute approximate surface area is 74.8 Å². The van der Waals surface area contributed by atoms with Crippen molar-refractivity contribution in [1.82, 2.24) is 9.97 Å². The molecule has 0 unspecified atom stereocenters. The highest BCUT2D eigenvalue weighted by Crippen LogP contribution is 2.14. The second-order valence-corrected chi connectivity index (χ2v) is 2.45. The highest BCUT2D eigenvalue weighted by Gasteiger charge is 2.14. The molecule has 0 fully saturated rings. The molecule has 0 aliphatic heterocycles. The minimum Gasteiger partial charge on any atom is -0.477 e. The van der Waals surface area contributed by atoms with E-state index in [0.717, 1.165) is 0 Å². The molecule has 0 aliphatic carbocycles. The third-order valence-electron chi connectivity index (χ3n) is 1.56. The van der Waals surface area contributed by atoms with Gasteiger partial charge >= 0.3 is 5.97 Å². The first-order chi connectivity index (χ1) is 6.06. The number of anilines is 2. The number of aromatic nitrogens is 2. The van der Waals surface area contributed by atoms with Gasteiger partial charge in [0, 0.05) is 7.05 Å². The molecule has 0 bridgehead atoms. The van der Waals surface area contributed by atoms with E-state index in [0.29, 0.717) is 11.6 Å². The van der Waals surface area contributed by atoms with Crippen molar-refractivity contribution >= 4 is 17.7 Å². The molecule has 1 aromatic heterocycles. The summed E-state index contributed by atoms with van der Waals surface area (Å²) in [5.74, 6) is -0.818.